The molecule has 0 bridgehead atoms. The molecular formula is C17H28N2O. The molecule has 1 amide bonds. The summed E-state index contributed by atoms with van der Waals surface area (Å²) in [6, 6.07) is 9.51. The highest BCUT2D eigenvalue weighted by molar-refractivity contribution is 5.79. The SMILES string of the molecule is CC(C(=O)NCC(C)C(C)(C)C)C(N)c1ccccc1. The summed E-state index contributed by atoms with van der Waals surface area (Å²) >= 11 is 0. The van der Waals surface area contributed by atoms with Gasteiger partial charge in [-0.15, -0.1) is 0 Å². The van der Waals surface area contributed by atoms with E-state index in [4.69, 9.17) is 5.73 Å². The molecule has 0 radical (unpaired) electrons. The lowest BCUT2D eigenvalue weighted by Gasteiger charge is -2.28. The van der Waals surface area contributed by atoms with Crippen LogP contribution in [-0.2, 0) is 4.79 Å². The largest absolute Gasteiger partial charge is 0.356 e. The van der Waals surface area contributed by atoms with Gasteiger partial charge in [0.05, 0.1) is 5.92 Å². The van der Waals surface area contributed by atoms with E-state index in [0.717, 1.165) is 5.56 Å². The molecule has 3 nitrogen and oxygen atoms in total. The molecule has 0 spiro atoms. The zero-order chi connectivity index (χ0) is 15.3. The van der Waals surface area contributed by atoms with Crippen molar-refractivity contribution in [1.82, 2.24) is 5.32 Å². The van der Waals surface area contributed by atoms with Gasteiger partial charge in [-0.05, 0) is 16.9 Å². The van der Waals surface area contributed by atoms with Crippen molar-refractivity contribution in [3.05, 3.63) is 35.9 Å². The minimum absolute atomic E-state index is 0.0254. The first-order chi connectivity index (χ1) is 9.23. The van der Waals surface area contributed by atoms with E-state index >= 15 is 0 Å². The van der Waals surface area contributed by atoms with Crippen molar-refractivity contribution >= 4 is 5.91 Å². The van der Waals surface area contributed by atoms with Crippen LogP contribution in [0.15, 0.2) is 30.3 Å². The number of rotatable bonds is 5. The lowest BCUT2D eigenvalue weighted by molar-refractivity contribution is -0.125. The van der Waals surface area contributed by atoms with Gasteiger partial charge < -0.3 is 11.1 Å². The molecule has 112 valence electrons. The average Bonchev–Trinajstić information content (AvgIpc) is 2.42. The van der Waals surface area contributed by atoms with Crippen LogP contribution in [0, 0.1) is 17.3 Å². The summed E-state index contributed by atoms with van der Waals surface area (Å²) in [4.78, 5) is 12.2. The molecule has 0 aromatic heterocycles. The Bertz CT molecular complexity index is 422. The van der Waals surface area contributed by atoms with Crippen molar-refractivity contribution in [2.24, 2.45) is 23.0 Å². The van der Waals surface area contributed by atoms with E-state index in [-0.39, 0.29) is 23.3 Å². The Balaban J connectivity index is 2.55. The number of hydrogen-bond donors (Lipinski definition) is 2. The van der Waals surface area contributed by atoms with Gasteiger partial charge in [0.15, 0.2) is 0 Å². The molecule has 20 heavy (non-hydrogen) atoms. The Morgan fingerprint density at radius 2 is 1.75 bits per heavy atom. The number of nitrogens with two attached hydrogens (primary N) is 1. The second-order valence-corrected chi connectivity index (χ2v) is 6.74. The number of carbonyl (C=O) groups is 1. The van der Waals surface area contributed by atoms with Gasteiger partial charge in [-0.25, -0.2) is 0 Å². The summed E-state index contributed by atoms with van der Waals surface area (Å²) < 4.78 is 0. The summed E-state index contributed by atoms with van der Waals surface area (Å²) in [7, 11) is 0. The Morgan fingerprint density at radius 3 is 2.25 bits per heavy atom. The molecule has 0 saturated carbocycles. The Morgan fingerprint density at radius 1 is 1.20 bits per heavy atom. The zero-order valence-corrected chi connectivity index (χ0v) is 13.3. The van der Waals surface area contributed by atoms with Crippen molar-refractivity contribution < 1.29 is 4.79 Å². The normalized spacial score (nSPS) is 16.3. The fourth-order valence-electron chi connectivity index (χ4n) is 1.85. The topological polar surface area (TPSA) is 55.1 Å². The third-order valence-electron chi connectivity index (χ3n) is 4.20. The summed E-state index contributed by atoms with van der Waals surface area (Å²) in [6.07, 6.45) is 0. The van der Waals surface area contributed by atoms with Crippen LogP contribution in [-0.4, -0.2) is 12.5 Å². The third-order valence-corrected chi connectivity index (χ3v) is 4.20. The molecule has 3 atom stereocenters. The average molecular weight is 276 g/mol. The predicted octanol–water partition coefficient (Wildman–Crippen LogP) is 3.12. The molecule has 0 saturated heterocycles. The lowest BCUT2D eigenvalue weighted by Crippen LogP contribution is -2.39. The first kappa shape index (κ1) is 16.7. The highest BCUT2D eigenvalue weighted by Crippen LogP contribution is 2.25. The van der Waals surface area contributed by atoms with Crippen LogP contribution < -0.4 is 11.1 Å². The maximum absolute atomic E-state index is 12.2. The van der Waals surface area contributed by atoms with Gasteiger partial charge in [0, 0.05) is 12.6 Å². The van der Waals surface area contributed by atoms with Gasteiger partial charge in [-0.1, -0.05) is 65.0 Å². The summed E-state index contributed by atoms with van der Waals surface area (Å²) in [5.74, 6) is 0.216. The highest BCUT2D eigenvalue weighted by Gasteiger charge is 2.24. The molecular weight excluding hydrogens is 248 g/mol. The van der Waals surface area contributed by atoms with Gasteiger partial charge >= 0.3 is 0 Å². The van der Waals surface area contributed by atoms with Crippen LogP contribution in [0.2, 0.25) is 0 Å². The van der Waals surface area contributed by atoms with Gasteiger partial charge in [0.25, 0.3) is 0 Å². The van der Waals surface area contributed by atoms with Gasteiger partial charge in [-0.3, -0.25) is 4.79 Å². The summed E-state index contributed by atoms with van der Waals surface area (Å²) in [5, 5.41) is 3.02. The maximum Gasteiger partial charge on any atom is 0.224 e. The summed E-state index contributed by atoms with van der Waals surface area (Å²) in [6.45, 7) is 11.3. The predicted molar refractivity (Wildman–Crippen MR) is 84.2 cm³/mol. The fourth-order valence-corrected chi connectivity index (χ4v) is 1.85. The van der Waals surface area contributed by atoms with Crippen LogP contribution in [0.1, 0.15) is 46.2 Å². The quantitative estimate of drug-likeness (QED) is 0.868. The third kappa shape index (κ3) is 4.64. The molecule has 1 aromatic rings. The first-order valence-corrected chi connectivity index (χ1v) is 7.31. The van der Waals surface area contributed by atoms with Crippen molar-refractivity contribution in [2.45, 2.75) is 40.7 Å². The van der Waals surface area contributed by atoms with Crippen molar-refractivity contribution in [3.8, 4) is 0 Å². The minimum Gasteiger partial charge on any atom is -0.356 e. The van der Waals surface area contributed by atoms with E-state index in [1.807, 2.05) is 37.3 Å². The second-order valence-electron chi connectivity index (χ2n) is 6.74. The van der Waals surface area contributed by atoms with Crippen molar-refractivity contribution in [2.75, 3.05) is 6.54 Å². The standard InChI is InChI=1S/C17H28N2O/c1-12(17(3,4)5)11-19-16(20)13(2)15(18)14-9-7-6-8-10-14/h6-10,12-13,15H,11,18H2,1-5H3,(H,19,20). The van der Waals surface area contributed by atoms with Crippen LogP contribution >= 0.6 is 0 Å². The molecule has 1 aromatic carbocycles. The van der Waals surface area contributed by atoms with E-state index in [1.165, 1.54) is 0 Å². The minimum atomic E-state index is -0.263. The van der Waals surface area contributed by atoms with E-state index < -0.39 is 0 Å². The number of carbonyl (C=O) groups excluding carboxylic acids is 1. The van der Waals surface area contributed by atoms with Crippen molar-refractivity contribution in [1.29, 1.82) is 0 Å². The molecule has 0 heterocycles. The van der Waals surface area contributed by atoms with E-state index in [1.54, 1.807) is 0 Å². The summed E-state index contributed by atoms with van der Waals surface area (Å²) in [5.41, 5.74) is 7.36. The van der Waals surface area contributed by atoms with Gasteiger partial charge in [-0.2, -0.15) is 0 Å². The maximum atomic E-state index is 12.2. The van der Waals surface area contributed by atoms with E-state index in [0.29, 0.717) is 12.5 Å². The smallest absolute Gasteiger partial charge is 0.224 e. The van der Waals surface area contributed by atoms with E-state index in [9.17, 15) is 4.79 Å². The Kier molecular flexibility index (Phi) is 5.75. The van der Waals surface area contributed by atoms with Crippen LogP contribution in [0.25, 0.3) is 0 Å². The molecule has 3 unspecified atom stereocenters. The van der Waals surface area contributed by atoms with Crippen LogP contribution in [0.3, 0.4) is 0 Å². The number of amides is 1. The van der Waals surface area contributed by atoms with Crippen LogP contribution in [0.4, 0.5) is 0 Å². The first-order valence-electron chi connectivity index (χ1n) is 7.31. The Labute approximate surface area is 122 Å². The van der Waals surface area contributed by atoms with Gasteiger partial charge in [0.2, 0.25) is 5.91 Å². The molecule has 1 rings (SSSR count). The second kappa shape index (κ2) is 6.89. The number of nitrogens with one attached hydrogen (secondary N) is 1. The molecule has 0 fully saturated rings. The lowest BCUT2D eigenvalue weighted by atomic mass is 9.82. The van der Waals surface area contributed by atoms with Crippen molar-refractivity contribution in [3.63, 3.8) is 0 Å². The van der Waals surface area contributed by atoms with Crippen LogP contribution in [0.5, 0.6) is 0 Å². The number of hydrogen-bond acceptors (Lipinski definition) is 2. The van der Waals surface area contributed by atoms with E-state index in [2.05, 4.69) is 33.0 Å². The molecule has 0 aliphatic rings. The monoisotopic (exact) mass is 276 g/mol. The molecule has 3 heteroatoms. The van der Waals surface area contributed by atoms with Gasteiger partial charge in [0.1, 0.15) is 0 Å². The number of benzene rings is 1. The zero-order valence-electron chi connectivity index (χ0n) is 13.3. The molecule has 3 N–H and O–H groups in total. The highest BCUT2D eigenvalue weighted by atomic mass is 16.1. The Hall–Kier alpha value is -1.35. The fraction of sp³-hybridized carbons (Fsp3) is 0.588. The molecule has 0 aliphatic heterocycles. The molecule has 0 aliphatic carbocycles.